The Balaban J connectivity index is 1.99. The minimum absolute atomic E-state index is 0.364. The summed E-state index contributed by atoms with van der Waals surface area (Å²) in [5.74, 6) is 0.763. The number of thiophene rings is 1. The number of nitriles is 1. The first kappa shape index (κ1) is 13.1. The van der Waals surface area contributed by atoms with E-state index in [0.29, 0.717) is 32.2 Å². The van der Waals surface area contributed by atoms with Crippen LogP contribution in [-0.2, 0) is 0 Å². The highest BCUT2D eigenvalue weighted by Gasteiger charge is 2.13. The van der Waals surface area contributed by atoms with Crippen LogP contribution >= 0.6 is 34.5 Å². The molecule has 98 valence electrons. The molecule has 0 fully saturated rings. The van der Waals surface area contributed by atoms with Crippen molar-refractivity contribution in [2.24, 2.45) is 0 Å². The summed E-state index contributed by atoms with van der Waals surface area (Å²) in [6.07, 6.45) is 0. The number of nitrogens with zero attached hydrogens (tertiary/aromatic N) is 3. The first-order valence-electron chi connectivity index (χ1n) is 5.46. The van der Waals surface area contributed by atoms with Gasteiger partial charge in [0.1, 0.15) is 10.9 Å². The smallest absolute Gasteiger partial charge is 0.268 e. The summed E-state index contributed by atoms with van der Waals surface area (Å²) in [5.41, 5.74) is 0.676. The third-order valence-corrected chi connectivity index (χ3v) is 3.89. The first-order chi connectivity index (χ1) is 9.65. The van der Waals surface area contributed by atoms with Gasteiger partial charge in [-0.1, -0.05) is 28.4 Å². The Morgan fingerprint density at radius 2 is 1.90 bits per heavy atom. The van der Waals surface area contributed by atoms with E-state index in [1.807, 2.05) is 0 Å². The molecule has 3 rings (SSSR count). The van der Waals surface area contributed by atoms with Crippen molar-refractivity contribution in [2.75, 3.05) is 0 Å². The number of benzene rings is 1. The van der Waals surface area contributed by atoms with Gasteiger partial charge in [-0.2, -0.15) is 10.2 Å². The van der Waals surface area contributed by atoms with E-state index in [9.17, 15) is 0 Å². The van der Waals surface area contributed by atoms with Crippen LogP contribution in [0.4, 0.5) is 0 Å². The maximum atomic E-state index is 8.81. The van der Waals surface area contributed by atoms with Gasteiger partial charge in [0.2, 0.25) is 5.82 Å². The molecule has 4 nitrogen and oxygen atoms in total. The van der Waals surface area contributed by atoms with Gasteiger partial charge in [-0.25, -0.2) is 0 Å². The van der Waals surface area contributed by atoms with Crippen LogP contribution in [0.25, 0.3) is 22.2 Å². The lowest BCUT2D eigenvalue weighted by Gasteiger charge is -1.96. The van der Waals surface area contributed by atoms with E-state index in [1.165, 1.54) is 11.3 Å². The Bertz CT molecular complexity index is 799. The van der Waals surface area contributed by atoms with E-state index >= 15 is 0 Å². The van der Waals surface area contributed by atoms with Gasteiger partial charge < -0.3 is 4.52 Å². The van der Waals surface area contributed by atoms with Crippen LogP contribution in [0.2, 0.25) is 10.0 Å². The van der Waals surface area contributed by atoms with Crippen molar-refractivity contribution in [3.8, 4) is 28.2 Å². The zero-order chi connectivity index (χ0) is 14.1. The molecular weight excluding hydrogens is 317 g/mol. The normalized spacial score (nSPS) is 10.4. The van der Waals surface area contributed by atoms with E-state index < -0.39 is 0 Å². The minimum atomic E-state index is 0.364. The molecule has 0 N–H and O–H groups in total. The Hall–Kier alpha value is -1.87. The Kier molecular flexibility index (Phi) is 3.45. The zero-order valence-corrected chi connectivity index (χ0v) is 12.1. The van der Waals surface area contributed by atoms with Crippen LogP contribution in [0.5, 0.6) is 0 Å². The van der Waals surface area contributed by atoms with Crippen molar-refractivity contribution >= 4 is 34.5 Å². The molecule has 0 unspecified atom stereocenters. The summed E-state index contributed by atoms with van der Waals surface area (Å²) in [6.45, 7) is 0. The monoisotopic (exact) mass is 321 g/mol. The van der Waals surface area contributed by atoms with E-state index in [-0.39, 0.29) is 0 Å². The lowest BCUT2D eigenvalue weighted by molar-refractivity contribution is 0.433. The summed E-state index contributed by atoms with van der Waals surface area (Å²) in [5, 5.41) is 13.7. The fraction of sp³-hybridized carbons (Fsp3) is 0. The summed E-state index contributed by atoms with van der Waals surface area (Å²) in [4.78, 5) is 5.62. The third-order valence-electron chi connectivity index (χ3n) is 2.47. The summed E-state index contributed by atoms with van der Waals surface area (Å²) in [6, 6.07) is 10.6. The van der Waals surface area contributed by atoms with E-state index in [2.05, 4.69) is 16.2 Å². The van der Waals surface area contributed by atoms with Gasteiger partial charge in [-0.3, -0.25) is 0 Å². The fourth-order valence-electron chi connectivity index (χ4n) is 1.64. The molecule has 0 saturated carbocycles. The summed E-state index contributed by atoms with van der Waals surface area (Å²) in [7, 11) is 0. The van der Waals surface area contributed by atoms with Crippen LogP contribution in [0.3, 0.4) is 0 Å². The number of rotatable bonds is 2. The molecule has 0 spiro atoms. The Morgan fingerprint density at radius 1 is 1.15 bits per heavy atom. The lowest BCUT2D eigenvalue weighted by atomic mass is 10.2. The van der Waals surface area contributed by atoms with Gasteiger partial charge >= 0.3 is 0 Å². The lowest BCUT2D eigenvalue weighted by Crippen LogP contribution is -1.81. The number of hydrogen-bond donors (Lipinski definition) is 0. The Labute approximate surface area is 128 Å². The SMILES string of the molecule is N#Cc1ccc(-c2nc(-c3cc(Cl)cc(Cl)c3)no2)s1. The second kappa shape index (κ2) is 5.25. The molecule has 7 heteroatoms. The quantitative estimate of drug-likeness (QED) is 0.689. The predicted octanol–water partition coefficient (Wildman–Crippen LogP) is 4.64. The van der Waals surface area contributed by atoms with Gasteiger partial charge in [0.05, 0.1) is 4.88 Å². The van der Waals surface area contributed by atoms with Crippen molar-refractivity contribution in [2.45, 2.75) is 0 Å². The topological polar surface area (TPSA) is 62.7 Å². The van der Waals surface area contributed by atoms with Gasteiger partial charge in [-0.15, -0.1) is 11.3 Å². The van der Waals surface area contributed by atoms with E-state index in [0.717, 1.165) is 4.88 Å². The van der Waals surface area contributed by atoms with Gasteiger partial charge in [0, 0.05) is 15.6 Å². The van der Waals surface area contributed by atoms with Crippen LogP contribution in [-0.4, -0.2) is 10.1 Å². The van der Waals surface area contributed by atoms with Crippen LogP contribution in [0.1, 0.15) is 4.88 Å². The molecule has 3 aromatic rings. The second-order valence-corrected chi connectivity index (χ2v) is 5.81. The fourth-order valence-corrected chi connectivity index (χ4v) is 2.89. The maximum Gasteiger partial charge on any atom is 0.268 e. The van der Waals surface area contributed by atoms with Gasteiger partial charge in [0.15, 0.2) is 0 Å². The largest absolute Gasteiger partial charge is 0.333 e. The molecule has 0 aliphatic rings. The van der Waals surface area contributed by atoms with Crippen molar-refractivity contribution in [3.05, 3.63) is 45.3 Å². The first-order valence-corrected chi connectivity index (χ1v) is 7.03. The highest BCUT2D eigenvalue weighted by molar-refractivity contribution is 7.15. The standard InChI is InChI=1S/C13H5Cl2N3OS/c14-8-3-7(4-9(15)5-8)12-17-13(19-18-12)11-2-1-10(6-16)20-11/h1-5H. The average molecular weight is 322 g/mol. The van der Waals surface area contributed by atoms with Crippen molar-refractivity contribution in [3.63, 3.8) is 0 Å². The van der Waals surface area contributed by atoms with E-state index in [1.54, 1.807) is 30.3 Å². The Morgan fingerprint density at radius 3 is 2.55 bits per heavy atom. The minimum Gasteiger partial charge on any atom is -0.333 e. The number of aromatic nitrogens is 2. The molecule has 0 aliphatic carbocycles. The molecule has 0 bridgehead atoms. The highest BCUT2D eigenvalue weighted by Crippen LogP contribution is 2.30. The van der Waals surface area contributed by atoms with Gasteiger partial charge in [0.25, 0.3) is 5.89 Å². The molecule has 0 aliphatic heterocycles. The summed E-state index contributed by atoms with van der Waals surface area (Å²) < 4.78 is 5.20. The van der Waals surface area contributed by atoms with Crippen LogP contribution in [0.15, 0.2) is 34.9 Å². The molecule has 2 aromatic heterocycles. The maximum absolute atomic E-state index is 8.81. The van der Waals surface area contributed by atoms with E-state index in [4.69, 9.17) is 33.0 Å². The van der Waals surface area contributed by atoms with Gasteiger partial charge in [-0.05, 0) is 30.3 Å². The van der Waals surface area contributed by atoms with Crippen LogP contribution in [0, 0.1) is 11.3 Å². The molecule has 0 saturated heterocycles. The van der Waals surface area contributed by atoms with Crippen LogP contribution < -0.4 is 0 Å². The van der Waals surface area contributed by atoms with Crippen molar-refractivity contribution in [1.82, 2.24) is 10.1 Å². The average Bonchev–Trinajstić information content (AvgIpc) is 3.06. The third kappa shape index (κ3) is 2.54. The molecule has 0 amide bonds. The van der Waals surface area contributed by atoms with Crippen molar-refractivity contribution in [1.29, 1.82) is 5.26 Å². The predicted molar refractivity (Wildman–Crippen MR) is 77.8 cm³/mol. The number of hydrogen-bond acceptors (Lipinski definition) is 5. The highest BCUT2D eigenvalue weighted by atomic mass is 35.5. The molecule has 1 aromatic carbocycles. The molecule has 20 heavy (non-hydrogen) atoms. The number of halogens is 2. The molecular formula is C13H5Cl2N3OS. The molecule has 0 atom stereocenters. The van der Waals surface area contributed by atoms with Crippen molar-refractivity contribution < 1.29 is 4.52 Å². The molecule has 2 heterocycles. The second-order valence-electron chi connectivity index (χ2n) is 3.86. The molecule has 0 radical (unpaired) electrons. The summed E-state index contributed by atoms with van der Waals surface area (Å²) >= 11 is 13.2. The zero-order valence-electron chi connectivity index (χ0n) is 9.80.